The predicted molar refractivity (Wildman–Crippen MR) is 77.4 cm³/mol. The first kappa shape index (κ1) is 12.9. The Bertz CT molecular complexity index is 459. The summed E-state index contributed by atoms with van der Waals surface area (Å²) in [6.45, 7) is 8.11. The van der Waals surface area contributed by atoms with E-state index < -0.39 is 0 Å². The summed E-state index contributed by atoms with van der Waals surface area (Å²) in [5, 5.41) is 5.13. The van der Waals surface area contributed by atoms with Crippen LogP contribution in [-0.4, -0.2) is 48.6 Å². The van der Waals surface area contributed by atoms with Crippen LogP contribution in [0.15, 0.2) is 11.4 Å². The molecule has 5 heteroatoms. The summed E-state index contributed by atoms with van der Waals surface area (Å²) in [6.07, 6.45) is 1.22. The maximum Gasteiger partial charge on any atom is 0.317 e. The van der Waals surface area contributed by atoms with E-state index in [9.17, 15) is 4.79 Å². The van der Waals surface area contributed by atoms with Gasteiger partial charge in [0.25, 0.3) is 0 Å². The van der Waals surface area contributed by atoms with Gasteiger partial charge in [-0.3, -0.25) is 4.90 Å². The highest BCUT2D eigenvalue weighted by molar-refractivity contribution is 7.10. The summed E-state index contributed by atoms with van der Waals surface area (Å²) in [6, 6.07) is 2.40. The van der Waals surface area contributed by atoms with Crippen LogP contribution in [0.1, 0.15) is 16.9 Å². The van der Waals surface area contributed by atoms with Crippen LogP contribution in [0.3, 0.4) is 0 Å². The second-order valence-corrected chi connectivity index (χ2v) is 6.75. The quantitative estimate of drug-likeness (QED) is 0.914. The van der Waals surface area contributed by atoms with Crippen molar-refractivity contribution in [3.05, 3.63) is 21.9 Å². The van der Waals surface area contributed by atoms with Crippen molar-refractivity contribution < 1.29 is 4.79 Å². The summed E-state index contributed by atoms with van der Waals surface area (Å²) in [5.74, 6) is 0.642. The van der Waals surface area contributed by atoms with Gasteiger partial charge in [-0.2, -0.15) is 0 Å². The number of urea groups is 1. The van der Waals surface area contributed by atoms with E-state index in [0.29, 0.717) is 5.92 Å². The molecule has 0 bridgehead atoms. The molecule has 0 spiro atoms. The number of hydrogen-bond acceptors (Lipinski definition) is 3. The fourth-order valence-electron chi connectivity index (χ4n) is 3.04. The molecule has 104 valence electrons. The van der Waals surface area contributed by atoms with Crippen LogP contribution in [-0.2, 0) is 6.54 Å². The van der Waals surface area contributed by atoms with Crippen molar-refractivity contribution >= 4 is 17.4 Å². The van der Waals surface area contributed by atoms with Gasteiger partial charge in [0, 0.05) is 37.6 Å². The summed E-state index contributed by atoms with van der Waals surface area (Å²) in [7, 11) is 0. The third-order valence-electron chi connectivity index (χ3n) is 3.98. The smallest absolute Gasteiger partial charge is 0.317 e. The van der Waals surface area contributed by atoms with Gasteiger partial charge in [-0.25, -0.2) is 4.79 Å². The molecule has 1 unspecified atom stereocenters. The number of likely N-dealkylation sites (tertiary alicyclic amines) is 1. The number of rotatable bonds is 4. The number of amides is 2. The summed E-state index contributed by atoms with van der Waals surface area (Å²) in [5.41, 5.74) is 1.43. The number of hydrogen-bond donors (Lipinski definition) is 1. The third kappa shape index (κ3) is 3.09. The third-order valence-corrected chi connectivity index (χ3v) is 4.89. The Kier molecular flexibility index (Phi) is 3.75. The minimum absolute atomic E-state index is 0.118. The second kappa shape index (κ2) is 5.51. The van der Waals surface area contributed by atoms with Crippen LogP contribution < -0.4 is 5.32 Å². The molecule has 3 heterocycles. The molecule has 2 aliphatic rings. The average molecular weight is 279 g/mol. The van der Waals surface area contributed by atoms with Crippen molar-refractivity contribution in [2.75, 3.05) is 32.7 Å². The minimum Gasteiger partial charge on any atom is -0.336 e. The largest absolute Gasteiger partial charge is 0.336 e. The molecule has 0 aromatic carbocycles. The van der Waals surface area contributed by atoms with E-state index >= 15 is 0 Å². The Morgan fingerprint density at radius 2 is 2.37 bits per heavy atom. The molecule has 3 rings (SSSR count). The normalized spacial score (nSPS) is 24.2. The van der Waals surface area contributed by atoms with Gasteiger partial charge in [-0.15, -0.1) is 11.3 Å². The van der Waals surface area contributed by atoms with E-state index in [2.05, 4.69) is 28.6 Å². The molecule has 2 saturated heterocycles. The van der Waals surface area contributed by atoms with Crippen LogP contribution >= 0.6 is 11.3 Å². The fourth-order valence-corrected chi connectivity index (χ4v) is 3.74. The molecular weight excluding hydrogens is 258 g/mol. The molecule has 0 radical (unpaired) electrons. The zero-order valence-electron chi connectivity index (χ0n) is 11.4. The zero-order chi connectivity index (χ0) is 13.2. The molecule has 2 amide bonds. The lowest BCUT2D eigenvalue weighted by molar-refractivity contribution is 0.207. The predicted octanol–water partition coefficient (Wildman–Crippen LogP) is 1.90. The Hall–Kier alpha value is -1.07. The SMILES string of the molecule is Cc1cc(CN2CCC(CN3CCNC3=O)C2)cs1. The van der Waals surface area contributed by atoms with E-state index in [4.69, 9.17) is 0 Å². The van der Waals surface area contributed by atoms with Gasteiger partial charge in [0.2, 0.25) is 0 Å². The van der Waals surface area contributed by atoms with Crippen LogP contribution in [0.5, 0.6) is 0 Å². The van der Waals surface area contributed by atoms with Crippen LogP contribution in [0.2, 0.25) is 0 Å². The lowest BCUT2D eigenvalue weighted by Crippen LogP contribution is -2.33. The lowest BCUT2D eigenvalue weighted by Gasteiger charge is -2.20. The van der Waals surface area contributed by atoms with Crippen molar-refractivity contribution in [2.24, 2.45) is 5.92 Å². The first-order valence-electron chi connectivity index (χ1n) is 7.00. The van der Waals surface area contributed by atoms with Gasteiger partial charge < -0.3 is 10.2 Å². The number of thiophene rings is 1. The Balaban J connectivity index is 1.48. The van der Waals surface area contributed by atoms with Crippen molar-refractivity contribution in [3.8, 4) is 0 Å². The lowest BCUT2D eigenvalue weighted by atomic mass is 10.1. The second-order valence-electron chi connectivity index (χ2n) is 5.63. The number of nitrogens with zero attached hydrogens (tertiary/aromatic N) is 2. The van der Waals surface area contributed by atoms with Crippen molar-refractivity contribution in [2.45, 2.75) is 19.9 Å². The monoisotopic (exact) mass is 279 g/mol. The highest BCUT2D eigenvalue weighted by Gasteiger charge is 2.28. The Morgan fingerprint density at radius 3 is 3.05 bits per heavy atom. The molecule has 0 saturated carbocycles. The van der Waals surface area contributed by atoms with Gasteiger partial charge in [-0.05, 0) is 42.8 Å². The number of aryl methyl sites for hydroxylation is 1. The van der Waals surface area contributed by atoms with Crippen LogP contribution in [0.4, 0.5) is 4.79 Å². The van der Waals surface area contributed by atoms with Crippen molar-refractivity contribution in [1.82, 2.24) is 15.1 Å². The van der Waals surface area contributed by atoms with Crippen molar-refractivity contribution in [1.29, 1.82) is 0 Å². The molecule has 1 aromatic rings. The van der Waals surface area contributed by atoms with E-state index in [1.165, 1.54) is 16.9 Å². The van der Waals surface area contributed by atoms with Gasteiger partial charge in [0.05, 0.1) is 0 Å². The molecular formula is C14H21N3OS. The Labute approximate surface area is 118 Å². The molecule has 2 aliphatic heterocycles. The average Bonchev–Trinajstić information content (AvgIpc) is 3.06. The number of carbonyl (C=O) groups excluding carboxylic acids is 1. The van der Waals surface area contributed by atoms with E-state index in [1.807, 2.05) is 16.2 Å². The number of nitrogens with one attached hydrogen (secondary N) is 1. The maximum absolute atomic E-state index is 11.5. The van der Waals surface area contributed by atoms with Crippen molar-refractivity contribution in [3.63, 3.8) is 0 Å². The van der Waals surface area contributed by atoms with E-state index in [1.54, 1.807) is 0 Å². The van der Waals surface area contributed by atoms with Crippen LogP contribution in [0.25, 0.3) is 0 Å². The van der Waals surface area contributed by atoms with Gasteiger partial charge in [0.15, 0.2) is 0 Å². The van der Waals surface area contributed by atoms with E-state index in [0.717, 1.165) is 39.3 Å². The summed E-state index contributed by atoms with van der Waals surface area (Å²) >= 11 is 1.83. The fraction of sp³-hybridized carbons (Fsp3) is 0.643. The van der Waals surface area contributed by atoms with Gasteiger partial charge in [-0.1, -0.05) is 0 Å². The maximum atomic E-state index is 11.5. The standard InChI is InChI=1S/C14H21N3OS/c1-11-6-13(10-19-11)8-16-4-2-12(7-16)9-17-5-3-15-14(17)18/h6,10,12H,2-5,7-9H2,1H3,(H,15,18). The molecule has 1 N–H and O–H groups in total. The molecule has 19 heavy (non-hydrogen) atoms. The zero-order valence-corrected chi connectivity index (χ0v) is 12.2. The van der Waals surface area contributed by atoms with Gasteiger partial charge >= 0.3 is 6.03 Å². The molecule has 1 aromatic heterocycles. The molecule has 2 fully saturated rings. The van der Waals surface area contributed by atoms with Crippen LogP contribution in [0, 0.1) is 12.8 Å². The molecule has 4 nitrogen and oxygen atoms in total. The highest BCUT2D eigenvalue weighted by atomic mass is 32.1. The molecule has 1 atom stereocenters. The molecule has 0 aliphatic carbocycles. The van der Waals surface area contributed by atoms with Gasteiger partial charge in [0.1, 0.15) is 0 Å². The van der Waals surface area contributed by atoms with E-state index in [-0.39, 0.29) is 6.03 Å². The number of carbonyl (C=O) groups is 1. The first-order valence-corrected chi connectivity index (χ1v) is 7.88. The highest BCUT2D eigenvalue weighted by Crippen LogP contribution is 2.22. The summed E-state index contributed by atoms with van der Waals surface area (Å²) < 4.78 is 0. The topological polar surface area (TPSA) is 35.6 Å². The summed E-state index contributed by atoms with van der Waals surface area (Å²) in [4.78, 5) is 17.4. The first-order chi connectivity index (χ1) is 9.20. The Morgan fingerprint density at radius 1 is 1.47 bits per heavy atom. The minimum atomic E-state index is 0.118.